The lowest BCUT2D eigenvalue weighted by Gasteiger charge is -2.34. The summed E-state index contributed by atoms with van der Waals surface area (Å²) in [7, 11) is 2.20. The largest absolute Gasteiger partial charge is 0.374 e. The predicted octanol–water partition coefficient (Wildman–Crippen LogP) is 4.14. The third-order valence-electron chi connectivity index (χ3n) is 5.54. The van der Waals surface area contributed by atoms with Gasteiger partial charge in [0.1, 0.15) is 0 Å². The van der Waals surface area contributed by atoms with E-state index in [2.05, 4.69) is 65.4 Å². The van der Waals surface area contributed by atoms with Crippen molar-refractivity contribution in [2.75, 3.05) is 36.5 Å². The minimum Gasteiger partial charge on any atom is -0.374 e. The summed E-state index contributed by atoms with van der Waals surface area (Å²) in [6.07, 6.45) is 5.06. The lowest BCUT2D eigenvalue weighted by atomic mass is 9.90. The first-order chi connectivity index (χ1) is 11.3. The third kappa shape index (κ3) is 3.08. The third-order valence-corrected chi connectivity index (χ3v) is 5.54. The van der Waals surface area contributed by atoms with Crippen molar-refractivity contribution in [2.24, 2.45) is 5.92 Å². The number of benzene rings is 2. The van der Waals surface area contributed by atoms with Gasteiger partial charge in [0.25, 0.3) is 0 Å². The Hall–Kier alpha value is -1.96. The number of fused-ring (bicyclic) bond motifs is 1. The Morgan fingerprint density at radius 3 is 2.52 bits per heavy atom. The summed E-state index contributed by atoms with van der Waals surface area (Å²) in [5.41, 5.74) is 5.87. The van der Waals surface area contributed by atoms with E-state index in [1.807, 2.05) is 0 Å². The van der Waals surface area contributed by atoms with Crippen LogP contribution < -0.4 is 9.80 Å². The minimum atomic E-state index is 0.842. The smallest absolute Gasteiger partial charge is 0.0398 e. The molecule has 0 aromatic heterocycles. The lowest BCUT2D eigenvalue weighted by molar-refractivity contribution is 0.404. The van der Waals surface area contributed by atoms with Gasteiger partial charge in [-0.15, -0.1) is 0 Å². The van der Waals surface area contributed by atoms with Crippen molar-refractivity contribution in [1.82, 2.24) is 0 Å². The summed E-state index contributed by atoms with van der Waals surface area (Å²) >= 11 is 0. The number of likely N-dealkylation sites (N-methyl/N-ethyl adjacent to an activating group) is 1. The number of nitrogens with zero attached hydrogens (tertiary/aromatic N) is 2. The molecule has 0 spiro atoms. The molecular formula is C21H26N2. The number of hydrogen-bond acceptors (Lipinski definition) is 2. The second-order valence-corrected chi connectivity index (χ2v) is 7.10. The van der Waals surface area contributed by atoms with Gasteiger partial charge in [0.2, 0.25) is 0 Å². The van der Waals surface area contributed by atoms with Crippen LogP contribution >= 0.6 is 0 Å². The van der Waals surface area contributed by atoms with Crippen molar-refractivity contribution < 1.29 is 0 Å². The fraction of sp³-hybridized carbons (Fsp3) is 0.429. The van der Waals surface area contributed by atoms with Crippen molar-refractivity contribution >= 4 is 11.4 Å². The Labute approximate surface area is 139 Å². The molecule has 4 rings (SSSR count). The van der Waals surface area contributed by atoms with E-state index in [4.69, 9.17) is 0 Å². The molecule has 2 aliphatic rings. The number of rotatable bonds is 3. The van der Waals surface area contributed by atoms with E-state index in [0.29, 0.717) is 0 Å². The molecular weight excluding hydrogens is 280 g/mol. The zero-order valence-electron chi connectivity index (χ0n) is 14.0. The molecule has 0 aliphatic carbocycles. The molecule has 0 atom stereocenters. The van der Waals surface area contributed by atoms with Gasteiger partial charge in [0.15, 0.2) is 0 Å². The minimum absolute atomic E-state index is 0.842. The first-order valence-electron chi connectivity index (χ1n) is 8.92. The van der Waals surface area contributed by atoms with Crippen molar-refractivity contribution in [3.8, 4) is 0 Å². The second-order valence-electron chi connectivity index (χ2n) is 7.10. The van der Waals surface area contributed by atoms with Crippen molar-refractivity contribution in [2.45, 2.75) is 25.7 Å². The Morgan fingerprint density at radius 2 is 1.74 bits per heavy atom. The summed E-state index contributed by atoms with van der Waals surface area (Å²) in [6, 6.07) is 18.0. The maximum absolute atomic E-state index is 2.58. The molecule has 2 aliphatic heterocycles. The summed E-state index contributed by atoms with van der Waals surface area (Å²) in [5.74, 6) is 0.842. The van der Waals surface area contributed by atoms with Gasteiger partial charge in [-0.2, -0.15) is 0 Å². The molecule has 1 saturated heterocycles. The van der Waals surface area contributed by atoms with Gasteiger partial charge in [-0.25, -0.2) is 0 Å². The van der Waals surface area contributed by atoms with E-state index < -0.39 is 0 Å². The molecule has 120 valence electrons. The first-order valence-corrected chi connectivity index (χ1v) is 8.92. The maximum Gasteiger partial charge on any atom is 0.0398 e. The van der Waals surface area contributed by atoms with Crippen LogP contribution in [-0.2, 0) is 12.8 Å². The summed E-state index contributed by atoms with van der Waals surface area (Å²) in [6.45, 7) is 3.57. The predicted molar refractivity (Wildman–Crippen MR) is 98.5 cm³/mol. The molecule has 0 bridgehead atoms. The monoisotopic (exact) mass is 306 g/mol. The van der Waals surface area contributed by atoms with E-state index in [-0.39, 0.29) is 0 Å². The summed E-state index contributed by atoms with van der Waals surface area (Å²) in [5, 5.41) is 0. The average Bonchev–Trinajstić information content (AvgIpc) is 2.97. The Kier molecular flexibility index (Phi) is 3.99. The average molecular weight is 306 g/mol. The molecule has 23 heavy (non-hydrogen) atoms. The van der Waals surface area contributed by atoms with Gasteiger partial charge >= 0.3 is 0 Å². The second kappa shape index (κ2) is 6.27. The van der Waals surface area contributed by atoms with Crippen molar-refractivity contribution in [1.29, 1.82) is 0 Å². The number of anilines is 2. The van der Waals surface area contributed by atoms with Crippen LogP contribution in [0.15, 0.2) is 48.5 Å². The first kappa shape index (κ1) is 14.6. The zero-order chi connectivity index (χ0) is 15.6. The highest BCUT2D eigenvalue weighted by Crippen LogP contribution is 2.32. The summed E-state index contributed by atoms with van der Waals surface area (Å²) in [4.78, 5) is 4.95. The highest BCUT2D eigenvalue weighted by molar-refractivity contribution is 5.64. The van der Waals surface area contributed by atoms with Crippen LogP contribution in [0.1, 0.15) is 24.0 Å². The van der Waals surface area contributed by atoms with Crippen LogP contribution in [0.2, 0.25) is 0 Å². The highest BCUT2D eigenvalue weighted by atomic mass is 15.1. The zero-order valence-corrected chi connectivity index (χ0v) is 14.0. The molecule has 2 aromatic carbocycles. The Bertz CT molecular complexity index is 657. The van der Waals surface area contributed by atoms with E-state index >= 15 is 0 Å². The highest BCUT2D eigenvalue weighted by Gasteiger charge is 2.22. The molecule has 0 saturated carbocycles. The van der Waals surface area contributed by atoms with E-state index in [0.717, 1.165) is 12.5 Å². The fourth-order valence-electron chi connectivity index (χ4n) is 4.09. The van der Waals surface area contributed by atoms with Gasteiger partial charge in [0.05, 0.1) is 0 Å². The van der Waals surface area contributed by atoms with Gasteiger partial charge in [0, 0.05) is 38.1 Å². The van der Waals surface area contributed by atoms with Crippen LogP contribution in [0.25, 0.3) is 0 Å². The van der Waals surface area contributed by atoms with Crippen molar-refractivity contribution in [3.05, 3.63) is 59.7 Å². The normalized spacial score (nSPS) is 18.3. The SMILES string of the molecule is CN1CCc2cc(N3CCC(Cc4ccccc4)CC3)ccc21. The molecule has 0 N–H and O–H groups in total. The molecule has 2 heteroatoms. The fourth-order valence-corrected chi connectivity index (χ4v) is 4.09. The van der Waals surface area contributed by atoms with Gasteiger partial charge in [-0.05, 0) is 60.9 Å². The van der Waals surface area contributed by atoms with Gasteiger partial charge in [-0.1, -0.05) is 30.3 Å². The Balaban J connectivity index is 1.38. The summed E-state index contributed by atoms with van der Waals surface area (Å²) < 4.78 is 0. The van der Waals surface area contributed by atoms with Crippen LogP contribution in [0.5, 0.6) is 0 Å². The van der Waals surface area contributed by atoms with Crippen LogP contribution in [0.3, 0.4) is 0 Å². The number of hydrogen-bond donors (Lipinski definition) is 0. The molecule has 2 heterocycles. The molecule has 0 radical (unpaired) electrons. The quantitative estimate of drug-likeness (QED) is 0.841. The van der Waals surface area contributed by atoms with E-state index in [9.17, 15) is 0 Å². The van der Waals surface area contributed by atoms with Crippen LogP contribution in [-0.4, -0.2) is 26.7 Å². The Morgan fingerprint density at radius 1 is 0.957 bits per heavy atom. The molecule has 2 aromatic rings. The maximum atomic E-state index is 2.58. The number of piperidine rings is 1. The topological polar surface area (TPSA) is 6.48 Å². The van der Waals surface area contributed by atoms with Crippen LogP contribution in [0, 0.1) is 5.92 Å². The molecule has 0 unspecified atom stereocenters. The van der Waals surface area contributed by atoms with Crippen LogP contribution in [0.4, 0.5) is 11.4 Å². The van der Waals surface area contributed by atoms with Gasteiger partial charge < -0.3 is 9.80 Å². The lowest BCUT2D eigenvalue weighted by Crippen LogP contribution is -2.34. The molecule has 2 nitrogen and oxygen atoms in total. The van der Waals surface area contributed by atoms with Gasteiger partial charge in [-0.3, -0.25) is 0 Å². The van der Waals surface area contributed by atoms with Crippen molar-refractivity contribution in [3.63, 3.8) is 0 Å². The molecule has 0 amide bonds. The van der Waals surface area contributed by atoms with E-state index in [1.165, 1.54) is 61.3 Å². The molecule has 1 fully saturated rings. The van der Waals surface area contributed by atoms with E-state index in [1.54, 1.807) is 0 Å². The standard InChI is InChI=1S/C21H26N2/c1-22-12-11-19-16-20(7-8-21(19)22)23-13-9-18(10-14-23)15-17-5-3-2-4-6-17/h2-8,16,18H,9-15H2,1H3.